The minimum Gasteiger partial charge on any atom is -0.0853 e. The molecular weight excluding hydrogens is 84.1 g/mol. The summed E-state index contributed by atoms with van der Waals surface area (Å²) in [6.07, 6.45) is 4.70. The highest BCUT2D eigenvalue weighted by Crippen LogP contribution is 2.22. The summed E-state index contributed by atoms with van der Waals surface area (Å²) in [5.41, 5.74) is 1.51. The normalized spacial score (nSPS) is 30.6. The summed E-state index contributed by atoms with van der Waals surface area (Å²) in [6.45, 7) is 6.11. The first-order valence-corrected chi connectivity index (χ1v) is 2.78. The fourth-order valence-electron chi connectivity index (χ4n) is 0.990. The summed E-state index contributed by atoms with van der Waals surface area (Å²) in [6, 6.07) is 0. The quantitative estimate of drug-likeness (QED) is 0.404. The fraction of sp³-hybridized carbons (Fsp3) is 0.571. The van der Waals surface area contributed by atoms with Gasteiger partial charge in [0, 0.05) is 0 Å². The molecule has 0 saturated carbocycles. The summed E-state index contributed by atoms with van der Waals surface area (Å²) in [7, 11) is 0. The molecule has 0 heteroatoms. The molecule has 1 unspecified atom stereocenters. The summed E-state index contributed by atoms with van der Waals surface area (Å²) in [5.74, 6) is 0.681. The maximum atomic E-state index is 3.94. The van der Waals surface area contributed by atoms with Crippen LogP contribution in [0.25, 0.3) is 0 Å². The van der Waals surface area contributed by atoms with E-state index in [2.05, 4.69) is 19.9 Å². The third-order valence-corrected chi connectivity index (χ3v) is 1.41. The summed E-state index contributed by atoms with van der Waals surface area (Å²) >= 11 is 0. The Labute approximate surface area is 45.2 Å². The van der Waals surface area contributed by atoms with Gasteiger partial charge in [-0.15, -0.1) is 0 Å². The molecule has 0 nitrogen and oxygen atoms in total. The molecule has 0 fully saturated rings. The molecule has 0 aromatic carbocycles. The zero-order chi connectivity index (χ0) is 5.28. The van der Waals surface area contributed by atoms with Crippen LogP contribution in [0.15, 0.2) is 11.6 Å². The maximum absolute atomic E-state index is 3.94. The molecule has 0 spiro atoms. The van der Waals surface area contributed by atoms with E-state index >= 15 is 0 Å². The van der Waals surface area contributed by atoms with Crippen molar-refractivity contribution in [2.45, 2.75) is 19.8 Å². The summed E-state index contributed by atoms with van der Waals surface area (Å²) in [5, 5.41) is 0. The summed E-state index contributed by atoms with van der Waals surface area (Å²) in [4.78, 5) is 0. The van der Waals surface area contributed by atoms with Gasteiger partial charge in [-0.1, -0.05) is 11.6 Å². The van der Waals surface area contributed by atoms with Crippen molar-refractivity contribution in [1.82, 2.24) is 0 Å². The van der Waals surface area contributed by atoms with Crippen molar-refractivity contribution < 1.29 is 0 Å². The Balaban J connectivity index is 2.42. The molecule has 0 aromatic rings. The van der Waals surface area contributed by atoms with Gasteiger partial charge >= 0.3 is 0 Å². The van der Waals surface area contributed by atoms with Gasteiger partial charge in [-0.25, -0.2) is 0 Å². The van der Waals surface area contributed by atoms with Gasteiger partial charge in [-0.05, 0) is 32.6 Å². The number of hydrogen-bond donors (Lipinski definition) is 0. The number of hydrogen-bond acceptors (Lipinski definition) is 0. The first-order chi connectivity index (χ1) is 3.29. The molecule has 7 heavy (non-hydrogen) atoms. The zero-order valence-electron chi connectivity index (χ0n) is 4.78. The Morgan fingerprint density at radius 1 is 1.86 bits per heavy atom. The third-order valence-electron chi connectivity index (χ3n) is 1.41. The van der Waals surface area contributed by atoms with Crippen molar-refractivity contribution in [3.05, 3.63) is 18.6 Å². The minimum atomic E-state index is 0.681. The third kappa shape index (κ3) is 1.05. The van der Waals surface area contributed by atoms with E-state index in [4.69, 9.17) is 0 Å². The molecule has 1 aliphatic carbocycles. The van der Waals surface area contributed by atoms with Gasteiger partial charge in [-0.3, -0.25) is 0 Å². The Morgan fingerprint density at radius 2 is 2.57 bits per heavy atom. The second-order valence-corrected chi connectivity index (χ2v) is 2.36. The lowest BCUT2D eigenvalue weighted by Gasteiger charge is -1.94. The Hall–Kier alpha value is -0.260. The topological polar surface area (TPSA) is 0 Å². The largest absolute Gasteiger partial charge is 0.0853 e. The van der Waals surface area contributed by atoms with Crippen LogP contribution in [0.2, 0.25) is 0 Å². The SMILES string of the molecule is [CH2]C1CC=C(C)C1. The average Bonchev–Trinajstić information content (AvgIpc) is 1.87. The second kappa shape index (κ2) is 1.69. The maximum Gasteiger partial charge on any atom is -0.0292 e. The predicted molar refractivity (Wildman–Crippen MR) is 31.8 cm³/mol. The zero-order valence-corrected chi connectivity index (χ0v) is 4.78. The van der Waals surface area contributed by atoms with Crippen LogP contribution in [0.3, 0.4) is 0 Å². The standard InChI is InChI=1S/C7H11/c1-6-3-4-7(2)5-6/h4,6H,1,3,5H2,2H3. The van der Waals surface area contributed by atoms with E-state index in [1.807, 2.05) is 0 Å². The van der Waals surface area contributed by atoms with Gasteiger partial charge in [0.05, 0.1) is 0 Å². The molecule has 0 aliphatic heterocycles. The van der Waals surface area contributed by atoms with Crippen LogP contribution in [-0.4, -0.2) is 0 Å². The lowest BCUT2D eigenvalue weighted by atomic mass is 10.1. The van der Waals surface area contributed by atoms with Crippen molar-refractivity contribution in [2.75, 3.05) is 0 Å². The highest BCUT2D eigenvalue weighted by Gasteiger charge is 2.06. The van der Waals surface area contributed by atoms with Gasteiger partial charge in [0.1, 0.15) is 0 Å². The van der Waals surface area contributed by atoms with Crippen LogP contribution in [-0.2, 0) is 0 Å². The smallest absolute Gasteiger partial charge is 0.0292 e. The monoisotopic (exact) mass is 95.1 g/mol. The molecule has 0 aromatic heterocycles. The van der Waals surface area contributed by atoms with E-state index in [1.54, 1.807) is 0 Å². The van der Waals surface area contributed by atoms with Crippen LogP contribution in [0.5, 0.6) is 0 Å². The van der Waals surface area contributed by atoms with Crippen molar-refractivity contribution in [3.63, 3.8) is 0 Å². The molecular formula is C7H11. The number of allylic oxidation sites excluding steroid dienone is 2. The average molecular weight is 95.2 g/mol. The first-order valence-electron chi connectivity index (χ1n) is 2.78. The highest BCUT2D eigenvalue weighted by molar-refractivity contribution is 5.07. The van der Waals surface area contributed by atoms with Crippen LogP contribution >= 0.6 is 0 Å². The molecule has 0 N–H and O–H groups in total. The van der Waals surface area contributed by atoms with Crippen LogP contribution in [0, 0.1) is 12.8 Å². The van der Waals surface area contributed by atoms with E-state index in [0.29, 0.717) is 5.92 Å². The molecule has 1 rings (SSSR count). The van der Waals surface area contributed by atoms with E-state index in [-0.39, 0.29) is 0 Å². The molecule has 0 amide bonds. The first kappa shape index (κ1) is 4.89. The molecule has 0 heterocycles. The van der Waals surface area contributed by atoms with Gasteiger partial charge < -0.3 is 0 Å². The van der Waals surface area contributed by atoms with Crippen LogP contribution < -0.4 is 0 Å². The van der Waals surface area contributed by atoms with Crippen molar-refractivity contribution in [2.24, 2.45) is 5.92 Å². The molecule has 39 valence electrons. The van der Waals surface area contributed by atoms with Crippen molar-refractivity contribution in [1.29, 1.82) is 0 Å². The van der Waals surface area contributed by atoms with Gasteiger partial charge in [0.15, 0.2) is 0 Å². The lowest BCUT2D eigenvalue weighted by molar-refractivity contribution is 0.699. The van der Waals surface area contributed by atoms with E-state index in [1.165, 1.54) is 18.4 Å². The molecule has 0 bridgehead atoms. The van der Waals surface area contributed by atoms with Crippen LogP contribution in [0.1, 0.15) is 19.8 Å². The van der Waals surface area contributed by atoms with E-state index in [9.17, 15) is 0 Å². The lowest BCUT2D eigenvalue weighted by Crippen LogP contribution is -1.82. The van der Waals surface area contributed by atoms with E-state index in [0.717, 1.165) is 0 Å². The molecule has 0 saturated heterocycles. The Kier molecular flexibility index (Phi) is 1.18. The highest BCUT2D eigenvalue weighted by atomic mass is 14.1. The van der Waals surface area contributed by atoms with Gasteiger partial charge in [0.2, 0.25) is 0 Å². The predicted octanol–water partition coefficient (Wildman–Crippen LogP) is 2.18. The van der Waals surface area contributed by atoms with Gasteiger partial charge in [0.25, 0.3) is 0 Å². The minimum absolute atomic E-state index is 0.681. The second-order valence-electron chi connectivity index (χ2n) is 2.36. The van der Waals surface area contributed by atoms with Crippen molar-refractivity contribution >= 4 is 0 Å². The Morgan fingerprint density at radius 3 is 2.71 bits per heavy atom. The molecule has 1 radical (unpaired) electrons. The Bertz CT molecular complexity index is 90.2. The molecule has 1 atom stereocenters. The fourth-order valence-corrected chi connectivity index (χ4v) is 0.990. The van der Waals surface area contributed by atoms with Gasteiger partial charge in [-0.2, -0.15) is 0 Å². The van der Waals surface area contributed by atoms with Crippen molar-refractivity contribution in [3.8, 4) is 0 Å². The van der Waals surface area contributed by atoms with E-state index < -0.39 is 0 Å². The van der Waals surface area contributed by atoms with Crippen LogP contribution in [0.4, 0.5) is 0 Å². The number of rotatable bonds is 0. The summed E-state index contributed by atoms with van der Waals surface area (Å²) < 4.78 is 0. The molecule has 1 aliphatic rings.